The van der Waals surface area contributed by atoms with E-state index in [4.69, 9.17) is 0 Å². The fourth-order valence-corrected chi connectivity index (χ4v) is 1.03. The van der Waals surface area contributed by atoms with Gasteiger partial charge in [0.15, 0.2) is 11.6 Å². The fourth-order valence-electron chi connectivity index (χ4n) is 0.657. The molecule has 0 saturated heterocycles. The van der Waals surface area contributed by atoms with Crippen LogP contribution in [0.5, 0.6) is 0 Å². The van der Waals surface area contributed by atoms with Gasteiger partial charge >= 0.3 is 0 Å². The highest BCUT2D eigenvalue weighted by Gasteiger charge is 2.13. The minimum absolute atomic E-state index is 0.196. The van der Waals surface area contributed by atoms with Gasteiger partial charge in [0.2, 0.25) is 0 Å². The molecule has 0 atom stereocenters. The van der Waals surface area contributed by atoms with E-state index in [0.717, 1.165) is 6.07 Å². The van der Waals surface area contributed by atoms with E-state index in [2.05, 4.69) is 15.9 Å². The third-order valence-electron chi connectivity index (χ3n) is 1.34. The van der Waals surface area contributed by atoms with Gasteiger partial charge in [-0.25, -0.2) is 13.2 Å². The van der Waals surface area contributed by atoms with Crippen LogP contribution in [0.1, 0.15) is 5.56 Å². The highest BCUT2D eigenvalue weighted by Crippen LogP contribution is 2.22. The summed E-state index contributed by atoms with van der Waals surface area (Å²) in [6.45, 7) is 1.18. The van der Waals surface area contributed by atoms with Crippen molar-refractivity contribution in [3.05, 3.63) is 33.6 Å². The number of rotatable bonds is 0. The molecule has 0 aliphatic heterocycles. The zero-order chi connectivity index (χ0) is 8.59. The predicted octanol–water partition coefficient (Wildman–Crippen LogP) is 3.17. The molecule has 1 rings (SSSR count). The fraction of sp³-hybridized carbons (Fsp3) is 0.143. The second-order valence-corrected chi connectivity index (χ2v) is 2.95. The lowest BCUT2D eigenvalue weighted by molar-refractivity contribution is 0.481. The summed E-state index contributed by atoms with van der Waals surface area (Å²) in [4.78, 5) is 0. The molecule has 0 aromatic heterocycles. The first-order valence-electron chi connectivity index (χ1n) is 2.83. The summed E-state index contributed by atoms with van der Waals surface area (Å²) < 4.78 is 37.6. The van der Waals surface area contributed by atoms with Crippen LogP contribution in [0.25, 0.3) is 0 Å². The molecule has 0 heterocycles. The maximum absolute atomic E-state index is 12.6. The van der Waals surface area contributed by atoms with Crippen LogP contribution >= 0.6 is 15.9 Å². The van der Waals surface area contributed by atoms with Crippen LogP contribution in [0.3, 0.4) is 0 Å². The molecule has 0 unspecified atom stereocenters. The third-order valence-corrected chi connectivity index (χ3v) is 1.92. The van der Waals surface area contributed by atoms with E-state index in [1.807, 2.05) is 0 Å². The Hall–Kier alpha value is -0.510. The Morgan fingerprint density at radius 1 is 1.18 bits per heavy atom. The molecule has 0 bridgehead atoms. The smallest absolute Gasteiger partial charge is 0.173 e. The summed E-state index contributed by atoms with van der Waals surface area (Å²) in [5.74, 6) is -2.95. The lowest BCUT2D eigenvalue weighted by Gasteiger charge is -2.00. The average Bonchev–Trinajstić information content (AvgIpc) is 1.97. The van der Waals surface area contributed by atoms with Crippen molar-refractivity contribution >= 4 is 15.9 Å². The van der Waals surface area contributed by atoms with Crippen LogP contribution in [0, 0.1) is 24.4 Å². The first-order chi connectivity index (χ1) is 5.04. The van der Waals surface area contributed by atoms with Crippen molar-refractivity contribution in [2.75, 3.05) is 0 Å². The second kappa shape index (κ2) is 2.85. The first-order valence-corrected chi connectivity index (χ1v) is 3.63. The molecule has 0 amide bonds. The highest BCUT2D eigenvalue weighted by molar-refractivity contribution is 9.10. The van der Waals surface area contributed by atoms with Crippen molar-refractivity contribution in [3.8, 4) is 0 Å². The van der Waals surface area contributed by atoms with E-state index in [1.54, 1.807) is 0 Å². The molecular weight excluding hydrogens is 221 g/mol. The Morgan fingerprint density at radius 2 is 1.73 bits per heavy atom. The zero-order valence-electron chi connectivity index (χ0n) is 5.59. The molecule has 0 aliphatic carbocycles. The molecule has 0 saturated carbocycles. The molecule has 0 nitrogen and oxygen atoms in total. The van der Waals surface area contributed by atoms with E-state index in [9.17, 15) is 13.2 Å². The van der Waals surface area contributed by atoms with Crippen LogP contribution in [0.15, 0.2) is 10.5 Å². The van der Waals surface area contributed by atoms with Gasteiger partial charge in [-0.05, 0) is 28.9 Å². The number of hydrogen-bond donors (Lipinski definition) is 0. The van der Waals surface area contributed by atoms with Gasteiger partial charge in [0, 0.05) is 5.56 Å². The molecule has 4 heteroatoms. The molecule has 0 N–H and O–H groups in total. The molecule has 0 spiro atoms. The minimum atomic E-state index is -1.14. The maximum atomic E-state index is 12.6. The Labute approximate surface area is 70.2 Å². The summed E-state index contributed by atoms with van der Waals surface area (Å²) in [5.41, 5.74) is -0.300. The van der Waals surface area contributed by atoms with Crippen LogP contribution in [0.2, 0.25) is 0 Å². The van der Waals surface area contributed by atoms with Crippen molar-refractivity contribution < 1.29 is 13.2 Å². The van der Waals surface area contributed by atoms with Crippen LogP contribution in [-0.2, 0) is 0 Å². The van der Waals surface area contributed by atoms with Crippen LogP contribution in [-0.4, -0.2) is 0 Å². The molecule has 1 aromatic rings. The molecule has 60 valence electrons. The van der Waals surface area contributed by atoms with Gasteiger partial charge in [0.05, 0.1) is 4.47 Å². The van der Waals surface area contributed by atoms with Gasteiger partial charge < -0.3 is 0 Å². The normalized spacial score (nSPS) is 10.3. The quantitative estimate of drug-likeness (QED) is 0.469. The zero-order valence-corrected chi connectivity index (χ0v) is 7.18. The van der Waals surface area contributed by atoms with Crippen molar-refractivity contribution in [1.29, 1.82) is 0 Å². The Morgan fingerprint density at radius 3 is 2.27 bits per heavy atom. The van der Waals surface area contributed by atoms with Gasteiger partial charge in [-0.2, -0.15) is 0 Å². The lowest BCUT2D eigenvalue weighted by atomic mass is 10.2. The van der Waals surface area contributed by atoms with Crippen molar-refractivity contribution in [2.24, 2.45) is 0 Å². The number of halogens is 4. The highest BCUT2D eigenvalue weighted by atomic mass is 79.9. The molecule has 0 radical (unpaired) electrons. The summed E-state index contributed by atoms with van der Waals surface area (Å²) in [6.07, 6.45) is 0. The molecule has 0 fully saturated rings. The van der Waals surface area contributed by atoms with Gasteiger partial charge in [0.1, 0.15) is 5.82 Å². The summed E-state index contributed by atoms with van der Waals surface area (Å²) >= 11 is 2.68. The van der Waals surface area contributed by atoms with Crippen molar-refractivity contribution in [2.45, 2.75) is 6.92 Å². The monoisotopic (exact) mass is 224 g/mol. The lowest BCUT2D eigenvalue weighted by Crippen LogP contribution is -1.94. The van der Waals surface area contributed by atoms with Crippen molar-refractivity contribution in [3.63, 3.8) is 0 Å². The topological polar surface area (TPSA) is 0 Å². The SMILES string of the molecule is Cc1c(F)cc(Br)c(F)c1F. The first kappa shape index (κ1) is 8.59. The average molecular weight is 225 g/mol. The van der Waals surface area contributed by atoms with Gasteiger partial charge in [0.25, 0.3) is 0 Å². The van der Waals surface area contributed by atoms with E-state index < -0.39 is 17.5 Å². The molecular formula is C7H4BrF3. The van der Waals surface area contributed by atoms with Crippen molar-refractivity contribution in [1.82, 2.24) is 0 Å². The largest absolute Gasteiger partial charge is 0.207 e. The molecule has 0 aliphatic rings. The third kappa shape index (κ3) is 1.40. The maximum Gasteiger partial charge on any atom is 0.173 e. The van der Waals surface area contributed by atoms with Gasteiger partial charge in [-0.15, -0.1) is 0 Å². The molecule has 1 aromatic carbocycles. The predicted molar refractivity (Wildman–Crippen MR) is 38.8 cm³/mol. The Balaban J connectivity index is 3.46. The van der Waals surface area contributed by atoms with Crippen LogP contribution < -0.4 is 0 Å². The summed E-state index contributed by atoms with van der Waals surface area (Å²) in [5, 5.41) is 0. The van der Waals surface area contributed by atoms with Gasteiger partial charge in [-0.3, -0.25) is 0 Å². The minimum Gasteiger partial charge on any atom is -0.207 e. The second-order valence-electron chi connectivity index (χ2n) is 2.09. The van der Waals surface area contributed by atoms with E-state index in [0.29, 0.717) is 0 Å². The standard InChI is InChI=1S/C7H4BrF3/c1-3-5(9)2-4(8)7(11)6(3)10/h2H,1H3. The van der Waals surface area contributed by atoms with Gasteiger partial charge in [-0.1, -0.05) is 0 Å². The Bertz CT molecular complexity index is 270. The van der Waals surface area contributed by atoms with E-state index in [-0.39, 0.29) is 10.0 Å². The molecule has 11 heavy (non-hydrogen) atoms. The van der Waals surface area contributed by atoms with E-state index >= 15 is 0 Å². The summed E-state index contributed by atoms with van der Waals surface area (Å²) in [6, 6.07) is 0.897. The summed E-state index contributed by atoms with van der Waals surface area (Å²) in [7, 11) is 0. The number of benzene rings is 1. The van der Waals surface area contributed by atoms with E-state index in [1.165, 1.54) is 6.92 Å². The Kier molecular flexibility index (Phi) is 2.23. The van der Waals surface area contributed by atoms with Crippen LogP contribution in [0.4, 0.5) is 13.2 Å². The number of hydrogen-bond acceptors (Lipinski definition) is 0.